The minimum Gasteiger partial charge on any atom is -0.399 e. The standard InChI is InChI=1S/C20H18N2O/c1-13-3-2-4-15(11-13)20(23)19-12-17(22)9-10-18(19)14-5-7-16(21)8-6-14/h2-12H,21-22H2,1H3. The molecule has 0 unspecified atom stereocenters. The maximum absolute atomic E-state index is 12.9. The third-order valence-electron chi connectivity index (χ3n) is 3.79. The Morgan fingerprint density at radius 2 is 1.52 bits per heavy atom. The first-order chi connectivity index (χ1) is 11.0. The van der Waals surface area contributed by atoms with Crippen LogP contribution in [-0.4, -0.2) is 5.78 Å². The molecule has 0 aliphatic rings. The van der Waals surface area contributed by atoms with E-state index >= 15 is 0 Å². The number of rotatable bonds is 3. The molecular formula is C20H18N2O. The third-order valence-corrected chi connectivity index (χ3v) is 3.79. The van der Waals surface area contributed by atoms with Crippen molar-refractivity contribution in [3.05, 3.63) is 83.4 Å². The minimum absolute atomic E-state index is 0.0344. The maximum atomic E-state index is 12.9. The average Bonchev–Trinajstić information content (AvgIpc) is 2.55. The summed E-state index contributed by atoms with van der Waals surface area (Å²) in [5, 5.41) is 0. The highest BCUT2D eigenvalue weighted by Crippen LogP contribution is 2.28. The van der Waals surface area contributed by atoms with Crippen LogP contribution in [0.5, 0.6) is 0 Å². The number of nitrogens with two attached hydrogens (primary N) is 2. The molecule has 0 saturated carbocycles. The topological polar surface area (TPSA) is 69.1 Å². The summed E-state index contributed by atoms with van der Waals surface area (Å²) in [6.07, 6.45) is 0. The van der Waals surface area contributed by atoms with Gasteiger partial charge in [0.25, 0.3) is 0 Å². The molecule has 0 fully saturated rings. The first-order valence-electron chi connectivity index (χ1n) is 7.41. The van der Waals surface area contributed by atoms with Crippen LogP contribution in [0.3, 0.4) is 0 Å². The fraction of sp³-hybridized carbons (Fsp3) is 0.0500. The molecule has 3 rings (SSSR count). The first kappa shape index (κ1) is 14.9. The number of hydrogen-bond donors (Lipinski definition) is 2. The van der Waals surface area contributed by atoms with Crippen molar-refractivity contribution in [2.24, 2.45) is 0 Å². The van der Waals surface area contributed by atoms with E-state index in [0.717, 1.165) is 16.7 Å². The van der Waals surface area contributed by atoms with Crippen molar-refractivity contribution in [3.63, 3.8) is 0 Å². The normalized spacial score (nSPS) is 10.5. The molecule has 0 saturated heterocycles. The van der Waals surface area contributed by atoms with Crippen molar-refractivity contribution in [3.8, 4) is 11.1 Å². The van der Waals surface area contributed by atoms with Gasteiger partial charge in [-0.1, -0.05) is 42.0 Å². The van der Waals surface area contributed by atoms with Crippen molar-refractivity contribution >= 4 is 17.2 Å². The van der Waals surface area contributed by atoms with Crippen LogP contribution >= 0.6 is 0 Å². The van der Waals surface area contributed by atoms with Crippen LogP contribution in [0.2, 0.25) is 0 Å². The zero-order valence-corrected chi connectivity index (χ0v) is 12.9. The van der Waals surface area contributed by atoms with E-state index in [2.05, 4.69) is 0 Å². The van der Waals surface area contributed by atoms with E-state index in [9.17, 15) is 4.79 Å². The number of carbonyl (C=O) groups excluding carboxylic acids is 1. The lowest BCUT2D eigenvalue weighted by Crippen LogP contribution is -2.05. The summed E-state index contributed by atoms with van der Waals surface area (Å²) in [5.41, 5.74) is 17.0. The molecule has 0 spiro atoms. The fourth-order valence-corrected chi connectivity index (χ4v) is 2.61. The fourth-order valence-electron chi connectivity index (χ4n) is 2.61. The lowest BCUT2D eigenvalue weighted by Gasteiger charge is -2.11. The van der Waals surface area contributed by atoms with E-state index in [1.54, 1.807) is 12.1 Å². The number of carbonyl (C=O) groups is 1. The van der Waals surface area contributed by atoms with Crippen molar-refractivity contribution in [1.82, 2.24) is 0 Å². The van der Waals surface area contributed by atoms with Crippen LogP contribution < -0.4 is 11.5 Å². The van der Waals surface area contributed by atoms with Crippen LogP contribution in [-0.2, 0) is 0 Å². The second kappa shape index (κ2) is 5.97. The van der Waals surface area contributed by atoms with Gasteiger partial charge in [0.1, 0.15) is 0 Å². The highest BCUT2D eigenvalue weighted by atomic mass is 16.1. The summed E-state index contributed by atoms with van der Waals surface area (Å²) >= 11 is 0. The molecule has 0 heterocycles. The van der Waals surface area contributed by atoms with Gasteiger partial charge in [-0.2, -0.15) is 0 Å². The minimum atomic E-state index is -0.0344. The molecule has 0 aliphatic carbocycles. The molecule has 3 aromatic carbocycles. The molecule has 3 heteroatoms. The quantitative estimate of drug-likeness (QED) is 0.566. The van der Waals surface area contributed by atoms with Gasteiger partial charge in [0, 0.05) is 22.5 Å². The summed E-state index contributed by atoms with van der Waals surface area (Å²) in [5.74, 6) is -0.0344. The molecule has 0 atom stereocenters. The summed E-state index contributed by atoms with van der Waals surface area (Å²) in [6.45, 7) is 1.97. The number of anilines is 2. The molecule has 0 amide bonds. The summed E-state index contributed by atoms with van der Waals surface area (Å²) in [4.78, 5) is 12.9. The Morgan fingerprint density at radius 3 is 2.22 bits per heavy atom. The number of aryl methyl sites for hydroxylation is 1. The van der Waals surface area contributed by atoms with Crippen LogP contribution in [0.25, 0.3) is 11.1 Å². The molecule has 0 aliphatic heterocycles. The van der Waals surface area contributed by atoms with Gasteiger partial charge in [-0.3, -0.25) is 4.79 Å². The Balaban J connectivity index is 2.13. The summed E-state index contributed by atoms with van der Waals surface area (Å²) < 4.78 is 0. The highest BCUT2D eigenvalue weighted by molar-refractivity contribution is 6.13. The second-order valence-electron chi connectivity index (χ2n) is 5.63. The zero-order chi connectivity index (χ0) is 16.4. The van der Waals surface area contributed by atoms with Crippen LogP contribution in [0.15, 0.2) is 66.7 Å². The second-order valence-corrected chi connectivity index (χ2v) is 5.63. The van der Waals surface area contributed by atoms with Gasteiger partial charge in [-0.25, -0.2) is 0 Å². The number of ketones is 1. The van der Waals surface area contributed by atoms with E-state index in [-0.39, 0.29) is 5.78 Å². The monoisotopic (exact) mass is 302 g/mol. The van der Waals surface area contributed by atoms with Gasteiger partial charge in [-0.15, -0.1) is 0 Å². The summed E-state index contributed by atoms with van der Waals surface area (Å²) in [7, 11) is 0. The van der Waals surface area contributed by atoms with Gasteiger partial charge >= 0.3 is 0 Å². The van der Waals surface area contributed by atoms with Gasteiger partial charge in [0.2, 0.25) is 0 Å². The van der Waals surface area contributed by atoms with Crippen molar-refractivity contribution in [2.45, 2.75) is 6.92 Å². The van der Waals surface area contributed by atoms with E-state index in [1.165, 1.54) is 0 Å². The smallest absolute Gasteiger partial charge is 0.193 e. The first-order valence-corrected chi connectivity index (χ1v) is 7.41. The lowest BCUT2D eigenvalue weighted by atomic mass is 9.93. The van der Waals surface area contributed by atoms with Crippen molar-refractivity contribution in [1.29, 1.82) is 0 Å². The highest BCUT2D eigenvalue weighted by Gasteiger charge is 2.15. The van der Waals surface area contributed by atoms with E-state index < -0.39 is 0 Å². The average molecular weight is 302 g/mol. The van der Waals surface area contributed by atoms with Crippen molar-refractivity contribution in [2.75, 3.05) is 11.5 Å². The molecule has 0 radical (unpaired) electrons. The Morgan fingerprint density at radius 1 is 0.826 bits per heavy atom. The summed E-state index contributed by atoms with van der Waals surface area (Å²) in [6, 6.07) is 20.5. The van der Waals surface area contributed by atoms with E-state index in [0.29, 0.717) is 22.5 Å². The molecule has 4 N–H and O–H groups in total. The Bertz CT molecular complexity index is 867. The lowest BCUT2D eigenvalue weighted by molar-refractivity contribution is 0.103. The Labute approximate surface area is 135 Å². The van der Waals surface area contributed by atoms with Gasteiger partial charge in [0.05, 0.1) is 0 Å². The molecular weight excluding hydrogens is 284 g/mol. The molecule has 23 heavy (non-hydrogen) atoms. The number of nitrogen functional groups attached to an aromatic ring is 2. The van der Waals surface area contributed by atoms with Gasteiger partial charge in [0.15, 0.2) is 5.78 Å². The molecule has 3 nitrogen and oxygen atoms in total. The number of hydrogen-bond acceptors (Lipinski definition) is 3. The van der Waals surface area contributed by atoms with Gasteiger partial charge in [-0.05, 0) is 48.4 Å². The zero-order valence-electron chi connectivity index (χ0n) is 12.9. The van der Waals surface area contributed by atoms with Gasteiger partial charge < -0.3 is 11.5 Å². The molecule has 114 valence electrons. The van der Waals surface area contributed by atoms with E-state index in [4.69, 9.17) is 11.5 Å². The number of benzene rings is 3. The molecule has 0 bridgehead atoms. The Hall–Kier alpha value is -3.07. The largest absolute Gasteiger partial charge is 0.399 e. The maximum Gasteiger partial charge on any atom is 0.193 e. The predicted molar refractivity (Wildman–Crippen MR) is 95.3 cm³/mol. The Kier molecular flexibility index (Phi) is 3.85. The molecule has 0 aromatic heterocycles. The van der Waals surface area contributed by atoms with Crippen LogP contribution in [0.4, 0.5) is 11.4 Å². The van der Waals surface area contributed by atoms with Crippen molar-refractivity contribution < 1.29 is 4.79 Å². The SMILES string of the molecule is Cc1cccc(C(=O)c2cc(N)ccc2-c2ccc(N)cc2)c1. The van der Waals surface area contributed by atoms with Crippen LogP contribution in [0.1, 0.15) is 21.5 Å². The predicted octanol–water partition coefficient (Wildman–Crippen LogP) is 4.06. The van der Waals surface area contributed by atoms with E-state index in [1.807, 2.05) is 61.5 Å². The van der Waals surface area contributed by atoms with Crippen LogP contribution in [0, 0.1) is 6.92 Å². The molecule has 3 aromatic rings. The third kappa shape index (κ3) is 3.09.